The van der Waals surface area contributed by atoms with E-state index in [0.29, 0.717) is 11.5 Å². The molecule has 16 heavy (non-hydrogen) atoms. The molecule has 0 saturated carbocycles. The van der Waals surface area contributed by atoms with E-state index in [4.69, 9.17) is 5.11 Å². The summed E-state index contributed by atoms with van der Waals surface area (Å²) in [5.74, 6) is 1.67. The first-order valence-corrected chi connectivity index (χ1v) is 5.29. The largest absolute Gasteiger partial charge is 0.390 e. The van der Waals surface area contributed by atoms with Crippen LogP contribution >= 0.6 is 0 Å². The average Bonchev–Trinajstić information content (AvgIpc) is 2.78. The Morgan fingerprint density at radius 3 is 3.00 bits per heavy atom. The summed E-state index contributed by atoms with van der Waals surface area (Å²) < 4.78 is 1.90. The van der Waals surface area contributed by atoms with E-state index in [-0.39, 0.29) is 6.61 Å². The quantitative estimate of drug-likeness (QED) is 0.834. The summed E-state index contributed by atoms with van der Waals surface area (Å²) in [4.78, 5) is 12.6. The van der Waals surface area contributed by atoms with Crippen molar-refractivity contribution in [2.24, 2.45) is 0 Å². The van der Waals surface area contributed by atoms with Crippen LogP contribution in [0.2, 0.25) is 0 Å². The van der Waals surface area contributed by atoms with Crippen molar-refractivity contribution in [3.8, 4) is 5.82 Å². The topological polar surface area (TPSA) is 63.8 Å². The lowest BCUT2D eigenvalue weighted by atomic mass is 10.3. The van der Waals surface area contributed by atoms with Crippen LogP contribution in [0.4, 0.5) is 0 Å². The highest BCUT2D eigenvalue weighted by atomic mass is 16.3. The molecule has 0 amide bonds. The van der Waals surface area contributed by atoms with E-state index in [9.17, 15) is 0 Å². The molecule has 0 aromatic carbocycles. The Bertz CT molecular complexity index is 467. The number of rotatable bonds is 4. The predicted molar refractivity (Wildman–Crippen MR) is 59.1 cm³/mol. The van der Waals surface area contributed by atoms with E-state index in [2.05, 4.69) is 21.9 Å². The van der Waals surface area contributed by atoms with Gasteiger partial charge in [-0.05, 0) is 6.42 Å². The maximum absolute atomic E-state index is 9.00. The highest BCUT2D eigenvalue weighted by Crippen LogP contribution is 2.09. The molecule has 2 aromatic heterocycles. The predicted octanol–water partition coefficient (Wildman–Crippen LogP) is 1.11. The first-order chi connectivity index (χ1) is 7.85. The van der Waals surface area contributed by atoms with Crippen LogP contribution in [0.25, 0.3) is 5.82 Å². The molecule has 5 nitrogen and oxygen atoms in total. The first kappa shape index (κ1) is 10.8. The standard InChI is InChI=1S/C11H14N4O/c1-2-3-10-13-4-5-15(10)11-7-12-6-9(8-16)14-11/h4-7,16H,2-3,8H2,1H3. The number of aryl methyl sites for hydroxylation is 1. The lowest BCUT2D eigenvalue weighted by molar-refractivity contribution is 0.276. The second-order valence-corrected chi connectivity index (χ2v) is 3.49. The van der Waals surface area contributed by atoms with Crippen LogP contribution in [0.3, 0.4) is 0 Å². The summed E-state index contributed by atoms with van der Waals surface area (Å²) in [7, 11) is 0. The molecule has 2 aromatic rings. The van der Waals surface area contributed by atoms with Crippen molar-refractivity contribution >= 4 is 0 Å². The first-order valence-electron chi connectivity index (χ1n) is 5.29. The van der Waals surface area contributed by atoms with Gasteiger partial charge in [0.1, 0.15) is 5.82 Å². The number of nitrogens with zero attached hydrogens (tertiary/aromatic N) is 4. The van der Waals surface area contributed by atoms with Gasteiger partial charge < -0.3 is 5.11 Å². The molecule has 0 aliphatic heterocycles. The molecular formula is C11H14N4O. The molecule has 0 aliphatic carbocycles. The lowest BCUT2D eigenvalue weighted by Crippen LogP contribution is -2.05. The minimum absolute atomic E-state index is 0.0986. The monoisotopic (exact) mass is 218 g/mol. The van der Waals surface area contributed by atoms with Crippen LogP contribution in [0.5, 0.6) is 0 Å². The fourth-order valence-corrected chi connectivity index (χ4v) is 1.54. The van der Waals surface area contributed by atoms with E-state index in [1.807, 2.05) is 10.8 Å². The molecule has 0 fully saturated rings. The molecule has 0 unspecified atom stereocenters. The van der Waals surface area contributed by atoms with E-state index in [1.54, 1.807) is 18.6 Å². The van der Waals surface area contributed by atoms with Gasteiger partial charge in [-0.2, -0.15) is 0 Å². The van der Waals surface area contributed by atoms with Crippen molar-refractivity contribution in [2.75, 3.05) is 0 Å². The summed E-state index contributed by atoms with van der Waals surface area (Å²) >= 11 is 0. The van der Waals surface area contributed by atoms with Crippen LogP contribution in [-0.2, 0) is 13.0 Å². The molecule has 0 spiro atoms. The Labute approximate surface area is 93.8 Å². The summed E-state index contributed by atoms with van der Waals surface area (Å²) in [6.45, 7) is 2.01. The van der Waals surface area contributed by atoms with Gasteiger partial charge in [0.25, 0.3) is 0 Å². The van der Waals surface area contributed by atoms with Gasteiger partial charge >= 0.3 is 0 Å². The highest BCUT2D eigenvalue weighted by Gasteiger charge is 2.06. The van der Waals surface area contributed by atoms with Gasteiger partial charge in [-0.1, -0.05) is 6.92 Å². The van der Waals surface area contributed by atoms with E-state index < -0.39 is 0 Å². The Hall–Kier alpha value is -1.75. The smallest absolute Gasteiger partial charge is 0.157 e. The van der Waals surface area contributed by atoms with E-state index in [0.717, 1.165) is 18.7 Å². The maximum Gasteiger partial charge on any atom is 0.157 e. The molecule has 0 aliphatic rings. The summed E-state index contributed by atoms with van der Waals surface area (Å²) in [6.07, 6.45) is 8.76. The zero-order valence-corrected chi connectivity index (χ0v) is 9.17. The van der Waals surface area contributed by atoms with Crippen LogP contribution in [0, 0.1) is 0 Å². The van der Waals surface area contributed by atoms with Crippen molar-refractivity contribution in [3.05, 3.63) is 36.3 Å². The molecule has 5 heteroatoms. The third kappa shape index (κ3) is 2.09. The number of aliphatic hydroxyl groups is 1. The fourth-order valence-electron chi connectivity index (χ4n) is 1.54. The van der Waals surface area contributed by atoms with Gasteiger partial charge in [-0.15, -0.1) is 0 Å². The van der Waals surface area contributed by atoms with E-state index in [1.165, 1.54) is 0 Å². The second-order valence-electron chi connectivity index (χ2n) is 3.49. The van der Waals surface area contributed by atoms with Crippen molar-refractivity contribution in [1.29, 1.82) is 0 Å². The minimum atomic E-state index is -0.0986. The van der Waals surface area contributed by atoms with Crippen LogP contribution in [0.1, 0.15) is 24.9 Å². The molecule has 0 bridgehead atoms. The summed E-state index contributed by atoms with van der Waals surface area (Å²) in [5.41, 5.74) is 0.564. The summed E-state index contributed by atoms with van der Waals surface area (Å²) in [5, 5.41) is 9.00. The summed E-state index contributed by atoms with van der Waals surface area (Å²) in [6, 6.07) is 0. The SMILES string of the molecule is CCCc1nccn1-c1cncc(CO)n1. The van der Waals surface area contributed by atoms with Crippen LogP contribution < -0.4 is 0 Å². The molecule has 0 radical (unpaired) electrons. The van der Waals surface area contributed by atoms with E-state index >= 15 is 0 Å². The van der Waals surface area contributed by atoms with Crippen molar-refractivity contribution in [1.82, 2.24) is 19.5 Å². The lowest BCUT2D eigenvalue weighted by Gasteiger charge is -2.06. The fraction of sp³-hybridized carbons (Fsp3) is 0.364. The Morgan fingerprint density at radius 2 is 2.25 bits per heavy atom. The molecule has 0 atom stereocenters. The normalized spacial score (nSPS) is 10.6. The van der Waals surface area contributed by atoms with Gasteiger partial charge in [0.05, 0.1) is 24.7 Å². The maximum atomic E-state index is 9.00. The molecule has 84 valence electrons. The number of hydrogen-bond acceptors (Lipinski definition) is 4. The number of aliphatic hydroxyl groups excluding tert-OH is 1. The third-order valence-corrected chi connectivity index (χ3v) is 2.27. The molecule has 2 rings (SSSR count). The molecule has 0 saturated heterocycles. The second kappa shape index (κ2) is 4.85. The minimum Gasteiger partial charge on any atom is -0.390 e. The Kier molecular flexibility index (Phi) is 3.26. The van der Waals surface area contributed by atoms with Crippen molar-refractivity contribution in [3.63, 3.8) is 0 Å². The molecule has 1 N–H and O–H groups in total. The van der Waals surface area contributed by atoms with Crippen LogP contribution in [0.15, 0.2) is 24.8 Å². The zero-order chi connectivity index (χ0) is 11.4. The Balaban J connectivity index is 2.37. The van der Waals surface area contributed by atoms with Gasteiger partial charge in [-0.3, -0.25) is 9.55 Å². The van der Waals surface area contributed by atoms with Gasteiger partial charge in [0.2, 0.25) is 0 Å². The van der Waals surface area contributed by atoms with Gasteiger partial charge in [0.15, 0.2) is 5.82 Å². The number of aromatic nitrogens is 4. The van der Waals surface area contributed by atoms with Crippen LogP contribution in [-0.4, -0.2) is 24.6 Å². The van der Waals surface area contributed by atoms with Gasteiger partial charge in [-0.25, -0.2) is 9.97 Å². The molecule has 2 heterocycles. The van der Waals surface area contributed by atoms with Crippen molar-refractivity contribution < 1.29 is 5.11 Å². The van der Waals surface area contributed by atoms with Gasteiger partial charge in [0, 0.05) is 18.8 Å². The number of imidazole rings is 1. The highest BCUT2D eigenvalue weighted by molar-refractivity contribution is 5.22. The van der Waals surface area contributed by atoms with Crippen molar-refractivity contribution in [2.45, 2.75) is 26.4 Å². The molecular weight excluding hydrogens is 204 g/mol. The number of hydrogen-bond donors (Lipinski definition) is 1. The Morgan fingerprint density at radius 1 is 1.38 bits per heavy atom. The third-order valence-electron chi connectivity index (χ3n) is 2.27. The average molecular weight is 218 g/mol. The zero-order valence-electron chi connectivity index (χ0n) is 9.17.